The molecular weight excluding hydrogens is 136 g/mol. The molecule has 2 rings (SSSR count). The lowest BCUT2D eigenvalue weighted by atomic mass is 9.74. The average Bonchev–Trinajstić information content (AvgIpc) is 2.36. The first kappa shape index (κ1) is 7.56. The lowest BCUT2D eigenvalue weighted by molar-refractivity contribution is 0.184. The molecule has 0 radical (unpaired) electrons. The van der Waals surface area contributed by atoms with Crippen LogP contribution < -0.4 is 10.6 Å². The highest BCUT2D eigenvalue weighted by Crippen LogP contribution is 2.39. The smallest absolute Gasteiger partial charge is 0.00966 e. The molecule has 0 amide bonds. The van der Waals surface area contributed by atoms with Crippen molar-refractivity contribution < 1.29 is 0 Å². The van der Waals surface area contributed by atoms with Gasteiger partial charge in [0.15, 0.2) is 0 Å². The van der Waals surface area contributed by atoms with Crippen LogP contribution in [0.25, 0.3) is 0 Å². The molecule has 2 N–H and O–H groups in total. The van der Waals surface area contributed by atoms with Gasteiger partial charge in [-0.15, -0.1) is 0 Å². The Morgan fingerprint density at radius 2 is 1.73 bits per heavy atom. The fourth-order valence-electron chi connectivity index (χ4n) is 2.58. The third-order valence-corrected chi connectivity index (χ3v) is 3.59. The van der Waals surface area contributed by atoms with Gasteiger partial charge in [-0.25, -0.2) is 0 Å². The summed E-state index contributed by atoms with van der Waals surface area (Å²) in [6.45, 7) is 6.04. The molecule has 0 aliphatic carbocycles. The standard InChI is InChI=1S/C9H18N2/c1-8-9(4-7-11-8)2-5-10-6-3-9/h8,10-11H,2-7H2,1H3. The molecular formula is C9H18N2. The lowest BCUT2D eigenvalue weighted by Gasteiger charge is -2.37. The van der Waals surface area contributed by atoms with Crippen molar-refractivity contribution in [3.63, 3.8) is 0 Å². The van der Waals surface area contributed by atoms with Gasteiger partial charge >= 0.3 is 0 Å². The first-order chi connectivity index (χ1) is 5.33. The monoisotopic (exact) mass is 154 g/mol. The van der Waals surface area contributed by atoms with E-state index < -0.39 is 0 Å². The van der Waals surface area contributed by atoms with Gasteiger partial charge in [-0.2, -0.15) is 0 Å². The molecule has 0 aromatic carbocycles. The largest absolute Gasteiger partial charge is 0.317 e. The van der Waals surface area contributed by atoms with E-state index in [9.17, 15) is 0 Å². The van der Waals surface area contributed by atoms with Gasteiger partial charge in [-0.3, -0.25) is 0 Å². The molecule has 2 heteroatoms. The van der Waals surface area contributed by atoms with Gasteiger partial charge in [-0.1, -0.05) is 0 Å². The highest BCUT2D eigenvalue weighted by atomic mass is 15.0. The van der Waals surface area contributed by atoms with E-state index in [0.29, 0.717) is 5.41 Å². The van der Waals surface area contributed by atoms with Crippen LogP contribution in [0.5, 0.6) is 0 Å². The second kappa shape index (κ2) is 2.76. The van der Waals surface area contributed by atoms with Crippen molar-refractivity contribution in [2.45, 2.75) is 32.2 Å². The second-order valence-electron chi connectivity index (χ2n) is 4.04. The summed E-state index contributed by atoms with van der Waals surface area (Å²) in [4.78, 5) is 0. The maximum Gasteiger partial charge on any atom is 0.00966 e. The van der Waals surface area contributed by atoms with Gasteiger partial charge in [0, 0.05) is 6.04 Å². The molecule has 0 aromatic heterocycles. The molecule has 2 fully saturated rings. The van der Waals surface area contributed by atoms with Gasteiger partial charge in [-0.05, 0) is 51.2 Å². The fourth-order valence-corrected chi connectivity index (χ4v) is 2.58. The van der Waals surface area contributed by atoms with Crippen LogP contribution in [0.3, 0.4) is 0 Å². The van der Waals surface area contributed by atoms with Gasteiger partial charge in [0.1, 0.15) is 0 Å². The normalized spacial score (nSPS) is 36.3. The SMILES string of the molecule is CC1NCCC12CCNCC2. The Labute approximate surface area is 68.7 Å². The molecule has 1 spiro atoms. The Hall–Kier alpha value is -0.0800. The van der Waals surface area contributed by atoms with Crippen LogP contribution in [-0.4, -0.2) is 25.7 Å². The lowest BCUT2D eigenvalue weighted by Crippen LogP contribution is -2.42. The summed E-state index contributed by atoms with van der Waals surface area (Å²) < 4.78 is 0. The Morgan fingerprint density at radius 3 is 2.27 bits per heavy atom. The van der Waals surface area contributed by atoms with Crippen LogP contribution in [-0.2, 0) is 0 Å². The van der Waals surface area contributed by atoms with Crippen molar-refractivity contribution >= 4 is 0 Å². The minimum Gasteiger partial charge on any atom is -0.317 e. The van der Waals surface area contributed by atoms with Crippen LogP contribution in [0, 0.1) is 5.41 Å². The molecule has 2 heterocycles. The molecule has 0 aromatic rings. The first-order valence-electron chi connectivity index (χ1n) is 4.78. The van der Waals surface area contributed by atoms with Gasteiger partial charge < -0.3 is 10.6 Å². The molecule has 0 saturated carbocycles. The third kappa shape index (κ3) is 1.18. The molecule has 11 heavy (non-hydrogen) atoms. The molecule has 0 bridgehead atoms. The van der Waals surface area contributed by atoms with Crippen LogP contribution in [0.4, 0.5) is 0 Å². The van der Waals surface area contributed by atoms with Crippen molar-refractivity contribution in [2.75, 3.05) is 19.6 Å². The van der Waals surface area contributed by atoms with E-state index in [1.165, 1.54) is 38.9 Å². The van der Waals surface area contributed by atoms with Crippen molar-refractivity contribution in [2.24, 2.45) is 5.41 Å². The van der Waals surface area contributed by atoms with E-state index in [4.69, 9.17) is 0 Å². The Bertz CT molecular complexity index is 138. The van der Waals surface area contributed by atoms with Gasteiger partial charge in [0.2, 0.25) is 0 Å². The van der Waals surface area contributed by atoms with Crippen LogP contribution >= 0.6 is 0 Å². The minimum absolute atomic E-state index is 0.658. The molecule has 2 saturated heterocycles. The first-order valence-corrected chi connectivity index (χ1v) is 4.78. The highest BCUT2D eigenvalue weighted by molar-refractivity contribution is 4.97. The Balaban J connectivity index is 2.06. The van der Waals surface area contributed by atoms with Crippen molar-refractivity contribution in [3.05, 3.63) is 0 Å². The van der Waals surface area contributed by atoms with Crippen molar-refractivity contribution in [3.8, 4) is 0 Å². The minimum atomic E-state index is 0.658. The summed E-state index contributed by atoms with van der Waals surface area (Å²) in [6.07, 6.45) is 4.15. The molecule has 2 nitrogen and oxygen atoms in total. The predicted molar refractivity (Wildman–Crippen MR) is 46.6 cm³/mol. The number of hydrogen-bond donors (Lipinski definition) is 2. The van der Waals surface area contributed by atoms with E-state index >= 15 is 0 Å². The number of rotatable bonds is 0. The predicted octanol–water partition coefficient (Wildman–Crippen LogP) is 0.738. The van der Waals surface area contributed by atoms with E-state index in [-0.39, 0.29) is 0 Å². The van der Waals surface area contributed by atoms with E-state index in [1.54, 1.807) is 0 Å². The topological polar surface area (TPSA) is 24.1 Å². The van der Waals surface area contributed by atoms with Crippen molar-refractivity contribution in [1.82, 2.24) is 10.6 Å². The second-order valence-corrected chi connectivity index (χ2v) is 4.04. The number of nitrogens with one attached hydrogen (secondary N) is 2. The fraction of sp³-hybridized carbons (Fsp3) is 1.00. The highest BCUT2D eigenvalue weighted by Gasteiger charge is 2.40. The van der Waals surface area contributed by atoms with E-state index in [2.05, 4.69) is 17.6 Å². The third-order valence-electron chi connectivity index (χ3n) is 3.59. The van der Waals surface area contributed by atoms with Gasteiger partial charge in [0.05, 0.1) is 0 Å². The van der Waals surface area contributed by atoms with E-state index in [1.807, 2.05) is 0 Å². The Kier molecular flexibility index (Phi) is 1.90. The quantitative estimate of drug-likeness (QED) is 0.538. The van der Waals surface area contributed by atoms with Gasteiger partial charge in [0.25, 0.3) is 0 Å². The van der Waals surface area contributed by atoms with Crippen molar-refractivity contribution in [1.29, 1.82) is 0 Å². The summed E-state index contributed by atoms with van der Waals surface area (Å²) in [5.74, 6) is 0. The summed E-state index contributed by atoms with van der Waals surface area (Å²) in [5.41, 5.74) is 0.658. The van der Waals surface area contributed by atoms with Crippen LogP contribution in [0.1, 0.15) is 26.2 Å². The number of piperidine rings is 1. The zero-order chi connectivity index (χ0) is 7.73. The van der Waals surface area contributed by atoms with Crippen LogP contribution in [0.15, 0.2) is 0 Å². The summed E-state index contributed by atoms with van der Waals surface area (Å²) >= 11 is 0. The molecule has 2 aliphatic heterocycles. The number of hydrogen-bond acceptors (Lipinski definition) is 2. The van der Waals surface area contributed by atoms with E-state index in [0.717, 1.165) is 6.04 Å². The summed E-state index contributed by atoms with van der Waals surface area (Å²) in [5, 5.41) is 6.98. The molecule has 2 aliphatic rings. The molecule has 64 valence electrons. The maximum atomic E-state index is 3.55. The maximum absolute atomic E-state index is 3.55. The summed E-state index contributed by atoms with van der Waals surface area (Å²) in [6, 6.07) is 0.754. The molecule has 1 unspecified atom stereocenters. The zero-order valence-corrected chi connectivity index (χ0v) is 7.32. The molecule has 1 atom stereocenters. The van der Waals surface area contributed by atoms with Crippen LogP contribution in [0.2, 0.25) is 0 Å². The average molecular weight is 154 g/mol. The summed E-state index contributed by atoms with van der Waals surface area (Å²) in [7, 11) is 0. The zero-order valence-electron chi connectivity index (χ0n) is 7.32. The Morgan fingerprint density at radius 1 is 1.09 bits per heavy atom.